The van der Waals surface area contributed by atoms with Crippen molar-refractivity contribution in [3.63, 3.8) is 0 Å². The Bertz CT molecular complexity index is 582. The molecule has 1 aromatic carbocycles. The number of ether oxygens (including phenoxy) is 1. The molecule has 130 valence electrons. The zero-order chi connectivity index (χ0) is 17.5. The van der Waals surface area contributed by atoms with Gasteiger partial charge in [0.1, 0.15) is 6.61 Å². The highest BCUT2D eigenvalue weighted by Crippen LogP contribution is 2.18. The normalized spacial score (nSPS) is 15.7. The fraction of sp³-hybridized carbons (Fsp3) is 0.438. The molecule has 1 heterocycles. The summed E-state index contributed by atoms with van der Waals surface area (Å²) in [6.45, 7) is 5.10. The van der Waals surface area contributed by atoms with E-state index in [0.29, 0.717) is 38.0 Å². The molecule has 1 aromatic rings. The summed E-state index contributed by atoms with van der Waals surface area (Å²) in [4.78, 5) is 24.1. The second-order valence-corrected chi connectivity index (χ2v) is 5.60. The average Bonchev–Trinajstić information content (AvgIpc) is 2.59. The molecule has 8 nitrogen and oxygen atoms in total. The van der Waals surface area contributed by atoms with Crippen LogP contribution in [0.3, 0.4) is 0 Å². The van der Waals surface area contributed by atoms with Gasteiger partial charge in [0.25, 0.3) is 5.69 Å². The number of carbonyl (C=O) groups excluding carboxylic acids is 1. The van der Waals surface area contributed by atoms with Gasteiger partial charge in [-0.3, -0.25) is 10.1 Å². The van der Waals surface area contributed by atoms with E-state index in [4.69, 9.17) is 4.74 Å². The number of nitrogens with zero attached hydrogens (tertiary/aromatic N) is 3. The lowest BCUT2D eigenvalue weighted by Crippen LogP contribution is -2.46. The Kier molecular flexibility index (Phi) is 6.28. The predicted molar refractivity (Wildman–Crippen MR) is 86.6 cm³/mol. The summed E-state index contributed by atoms with van der Waals surface area (Å²) < 4.78 is 5.32. The Labute approximate surface area is 140 Å². The molecule has 1 aliphatic heterocycles. The fourth-order valence-electron chi connectivity index (χ4n) is 2.62. The van der Waals surface area contributed by atoms with E-state index in [1.54, 1.807) is 23.1 Å². The Balaban J connectivity index is 1.92. The van der Waals surface area contributed by atoms with Gasteiger partial charge in [0.05, 0.1) is 4.92 Å². The molecule has 0 aromatic heterocycles. The lowest BCUT2D eigenvalue weighted by Gasteiger charge is -2.35. The van der Waals surface area contributed by atoms with Crippen LogP contribution in [0.4, 0.5) is 10.5 Å². The quantitative estimate of drug-likeness (QED) is 0.487. The number of carbonyl (C=O) groups is 1. The summed E-state index contributed by atoms with van der Waals surface area (Å²) in [6, 6.07) is 5.88. The number of hydroxylamine groups is 2. The first-order valence-electron chi connectivity index (χ1n) is 7.72. The third-order valence-electron chi connectivity index (χ3n) is 3.95. The van der Waals surface area contributed by atoms with Crippen LogP contribution in [-0.4, -0.2) is 51.9 Å². The highest BCUT2D eigenvalue weighted by molar-refractivity contribution is 5.68. The second kappa shape index (κ2) is 8.42. The van der Waals surface area contributed by atoms with Crippen molar-refractivity contribution >= 4 is 11.8 Å². The van der Waals surface area contributed by atoms with E-state index in [0.717, 1.165) is 0 Å². The zero-order valence-corrected chi connectivity index (χ0v) is 13.3. The Morgan fingerprint density at radius 2 is 2.04 bits per heavy atom. The van der Waals surface area contributed by atoms with Crippen LogP contribution in [0, 0.1) is 10.1 Å². The third kappa shape index (κ3) is 4.77. The van der Waals surface area contributed by atoms with Gasteiger partial charge in [-0.15, -0.1) is 6.58 Å². The number of non-ortho nitro benzene ring substituents is 1. The summed E-state index contributed by atoms with van der Waals surface area (Å²) in [5, 5.41) is 21.3. The van der Waals surface area contributed by atoms with Gasteiger partial charge >= 0.3 is 6.09 Å². The van der Waals surface area contributed by atoms with E-state index in [1.807, 2.05) is 0 Å². The van der Waals surface area contributed by atoms with E-state index in [2.05, 4.69) is 6.58 Å². The van der Waals surface area contributed by atoms with Crippen molar-refractivity contribution in [1.82, 2.24) is 9.96 Å². The van der Waals surface area contributed by atoms with Crippen LogP contribution in [0.1, 0.15) is 18.4 Å². The molecular formula is C16H21N3O5. The van der Waals surface area contributed by atoms with Crippen LogP contribution in [0.2, 0.25) is 0 Å². The molecule has 0 unspecified atom stereocenters. The molecule has 1 saturated heterocycles. The first-order chi connectivity index (χ1) is 11.5. The molecule has 1 amide bonds. The lowest BCUT2D eigenvalue weighted by molar-refractivity contribution is -0.384. The Morgan fingerprint density at radius 3 is 2.58 bits per heavy atom. The average molecular weight is 335 g/mol. The topological polar surface area (TPSA) is 96.2 Å². The number of piperidine rings is 1. The maximum absolute atomic E-state index is 12.3. The lowest BCUT2D eigenvalue weighted by atomic mass is 10.1. The monoisotopic (exact) mass is 335 g/mol. The summed E-state index contributed by atoms with van der Waals surface area (Å²) in [7, 11) is 0. The number of nitro benzene ring substituents is 1. The molecule has 1 N–H and O–H groups in total. The molecule has 0 saturated carbocycles. The summed E-state index contributed by atoms with van der Waals surface area (Å²) in [5.74, 6) is 0. The van der Waals surface area contributed by atoms with E-state index >= 15 is 0 Å². The minimum atomic E-state index is -0.477. The van der Waals surface area contributed by atoms with Gasteiger partial charge in [-0.2, -0.15) is 5.06 Å². The molecule has 0 spiro atoms. The van der Waals surface area contributed by atoms with Crippen molar-refractivity contribution in [1.29, 1.82) is 0 Å². The van der Waals surface area contributed by atoms with Gasteiger partial charge in [0.2, 0.25) is 0 Å². The number of hydrogen-bond donors (Lipinski definition) is 1. The second-order valence-electron chi connectivity index (χ2n) is 5.60. The first-order valence-corrected chi connectivity index (χ1v) is 7.72. The molecule has 1 aliphatic rings. The molecule has 0 bridgehead atoms. The Morgan fingerprint density at radius 1 is 1.42 bits per heavy atom. The fourth-order valence-corrected chi connectivity index (χ4v) is 2.62. The van der Waals surface area contributed by atoms with Crippen LogP contribution < -0.4 is 0 Å². The zero-order valence-electron chi connectivity index (χ0n) is 13.3. The van der Waals surface area contributed by atoms with Crippen molar-refractivity contribution < 1.29 is 19.7 Å². The summed E-state index contributed by atoms with van der Waals surface area (Å²) in [5.41, 5.74) is 0.673. The SMILES string of the molecule is C=CCN(C(=O)OCc1ccc([N+](=O)[O-])cc1)C1CCN(O)CC1. The maximum atomic E-state index is 12.3. The Hall–Kier alpha value is -2.45. The highest BCUT2D eigenvalue weighted by atomic mass is 16.6. The molecular weight excluding hydrogens is 314 g/mol. The van der Waals surface area contributed by atoms with Crippen LogP contribution >= 0.6 is 0 Å². The van der Waals surface area contributed by atoms with Gasteiger partial charge in [-0.25, -0.2) is 4.79 Å². The van der Waals surface area contributed by atoms with Crippen LogP contribution in [0.25, 0.3) is 0 Å². The van der Waals surface area contributed by atoms with Crippen LogP contribution in [0.15, 0.2) is 36.9 Å². The standard InChI is InChI=1S/C16H21N3O5/c1-2-9-18(14-7-10-17(21)11-8-14)16(20)24-12-13-3-5-15(6-4-13)19(22)23/h2-6,14,21H,1,7-12H2. The van der Waals surface area contributed by atoms with Crippen molar-refractivity contribution in [2.24, 2.45) is 0 Å². The smallest absolute Gasteiger partial charge is 0.410 e. The molecule has 1 fully saturated rings. The number of nitro groups is 1. The van der Waals surface area contributed by atoms with E-state index in [1.165, 1.54) is 17.2 Å². The molecule has 0 atom stereocenters. The predicted octanol–water partition coefficient (Wildman–Crippen LogP) is 2.57. The minimum Gasteiger partial charge on any atom is -0.445 e. The molecule has 0 aliphatic carbocycles. The number of amides is 1. The maximum Gasteiger partial charge on any atom is 0.410 e. The van der Waals surface area contributed by atoms with Gasteiger partial charge < -0.3 is 14.8 Å². The molecule has 8 heteroatoms. The van der Waals surface area contributed by atoms with Gasteiger partial charge in [-0.05, 0) is 30.5 Å². The van der Waals surface area contributed by atoms with Crippen molar-refractivity contribution in [2.75, 3.05) is 19.6 Å². The number of benzene rings is 1. The van der Waals surface area contributed by atoms with E-state index < -0.39 is 11.0 Å². The van der Waals surface area contributed by atoms with Gasteiger partial charge in [0.15, 0.2) is 0 Å². The molecule has 0 radical (unpaired) electrons. The largest absolute Gasteiger partial charge is 0.445 e. The minimum absolute atomic E-state index is 0.00393. The van der Waals surface area contributed by atoms with Crippen molar-refractivity contribution in [3.8, 4) is 0 Å². The van der Waals surface area contributed by atoms with Crippen molar-refractivity contribution in [3.05, 3.63) is 52.6 Å². The van der Waals surface area contributed by atoms with E-state index in [9.17, 15) is 20.1 Å². The van der Waals surface area contributed by atoms with Gasteiger partial charge in [0, 0.05) is 37.8 Å². The number of rotatable bonds is 6. The highest BCUT2D eigenvalue weighted by Gasteiger charge is 2.27. The van der Waals surface area contributed by atoms with Gasteiger partial charge in [-0.1, -0.05) is 6.08 Å². The molecule has 2 rings (SSSR count). The van der Waals surface area contributed by atoms with Crippen LogP contribution in [0.5, 0.6) is 0 Å². The number of hydrogen-bond acceptors (Lipinski definition) is 6. The van der Waals surface area contributed by atoms with E-state index in [-0.39, 0.29) is 18.3 Å². The summed E-state index contributed by atoms with van der Waals surface area (Å²) in [6.07, 6.45) is 2.51. The molecule has 24 heavy (non-hydrogen) atoms. The summed E-state index contributed by atoms with van der Waals surface area (Å²) >= 11 is 0. The first kappa shape index (κ1) is 17.9. The third-order valence-corrected chi connectivity index (χ3v) is 3.95. The van der Waals surface area contributed by atoms with Crippen molar-refractivity contribution in [2.45, 2.75) is 25.5 Å². The van der Waals surface area contributed by atoms with Crippen LogP contribution in [-0.2, 0) is 11.3 Å².